The van der Waals surface area contributed by atoms with Crippen LogP contribution in [0.2, 0.25) is 0 Å². The molecule has 0 heterocycles. The number of quaternary nitrogens is 1. The zero-order chi connectivity index (χ0) is 8.69. The highest BCUT2D eigenvalue weighted by Gasteiger charge is 1.77. The maximum Gasteiger partial charge on any atom is 0.127 e. The summed E-state index contributed by atoms with van der Waals surface area (Å²) in [5, 5.41) is 0. The molecule has 0 amide bonds. The molecule has 0 radical (unpaired) electrons. The van der Waals surface area contributed by atoms with Gasteiger partial charge in [0.05, 0.1) is 0 Å². The highest BCUT2D eigenvalue weighted by Crippen LogP contribution is 1.93. The van der Waals surface area contributed by atoms with E-state index < -0.39 is 0 Å². The molecular formula is C10H17N. The van der Waals surface area contributed by atoms with E-state index in [0.29, 0.717) is 0 Å². The van der Waals surface area contributed by atoms with E-state index in [4.69, 9.17) is 0 Å². The van der Waals surface area contributed by atoms with Gasteiger partial charge in [0.2, 0.25) is 0 Å². The first-order valence-electron chi connectivity index (χ1n) is 3.76. The largest absolute Gasteiger partial charge is 0.325 e. The van der Waals surface area contributed by atoms with Crippen molar-refractivity contribution in [3.05, 3.63) is 36.2 Å². The fourth-order valence-electron chi connectivity index (χ4n) is 0.478. The van der Waals surface area contributed by atoms with Gasteiger partial charge in [-0.15, -0.1) is 0 Å². The molecule has 0 spiro atoms. The molecule has 1 rings (SSSR count). The van der Waals surface area contributed by atoms with Gasteiger partial charge in [0, 0.05) is 0 Å². The first kappa shape index (κ1) is 10.2. The zero-order valence-electron chi connectivity index (χ0n) is 7.59. The fraction of sp³-hybridized carbons (Fsp3) is 0.300. The molecule has 0 saturated carbocycles. The van der Waals surface area contributed by atoms with Crippen molar-refractivity contribution in [1.82, 2.24) is 0 Å². The van der Waals surface area contributed by atoms with Crippen molar-refractivity contribution in [2.75, 3.05) is 0 Å². The van der Waals surface area contributed by atoms with Crippen molar-refractivity contribution in [2.24, 2.45) is 0 Å². The topological polar surface area (TPSA) is 27.6 Å². The number of hydrogen-bond donors (Lipinski definition) is 1. The van der Waals surface area contributed by atoms with Crippen LogP contribution in [0.5, 0.6) is 0 Å². The van der Waals surface area contributed by atoms with Crippen LogP contribution in [0.25, 0.3) is 0 Å². The predicted octanol–water partition coefficient (Wildman–Crippen LogP) is 2.18. The molecule has 1 nitrogen and oxygen atoms in total. The second-order valence-electron chi connectivity index (χ2n) is 2.99. The van der Waals surface area contributed by atoms with Crippen LogP contribution in [-0.2, 0) is 0 Å². The van der Waals surface area contributed by atoms with Crippen molar-refractivity contribution < 1.29 is 5.73 Å². The summed E-state index contributed by atoms with van der Waals surface area (Å²) in [5.74, 6) is 1.42. The van der Waals surface area contributed by atoms with Gasteiger partial charge in [0.25, 0.3) is 0 Å². The number of hydrogen-bond acceptors (Lipinski definition) is 0. The van der Waals surface area contributed by atoms with E-state index in [1.165, 1.54) is 5.92 Å². The van der Waals surface area contributed by atoms with E-state index in [9.17, 15) is 0 Å². The summed E-state index contributed by atoms with van der Waals surface area (Å²) in [6.45, 7) is 6.25. The minimum atomic E-state index is 1.07. The van der Waals surface area contributed by atoms with Crippen LogP contribution in [0.15, 0.2) is 30.3 Å². The third kappa shape index (κ3) is 9.18. The van der Waals surface area contributed by atoms with Crippen molar-refractivity contribution in [3.8, 4) is 0 Å². The first-order chi connectivity index (χ1) is 5.13. The van der Waals surface area contributed by atoms with E-state index in [-0.39, 0.29) is 0 Å². The van der Waals surface area contributed by atoms with Gasteiger partial charge >= 0.3 is 0 Å². The molecule has 1 aromatic rings. The molecule has 0 fully saturated rings. The average molecular weight is 151 g/mol. The highest BCUT2D eigenvalue weighted by atomic mass is 14.5. The van der Waals surface area contributed by atoms with E-state index >= 15 is 0 Å². The Kier molecular flexibility index (Phi) is 5.49. The Bertz CT molecular complexity index is 165. The molecule has 0 aromatic heterocycles. The van der Waals surface area contributed by atoms with Crippen molar-refractivity contribution >= 4 is 5.69 Å². The van der Waals surface area contributed by atoms with Gasteiger partial charge < -0.3 is 11.7 Å². The summed E-state index contributed by atoms with van der Waals surface area (Å²) in [7, 11) is 0. The second kappa shape index (κ2) is 5.93. The van der Waals surface area contributed by atoms with Crippen molar-refractivity contribution in [1.29, 1.82) is 0 Å². The van der Waals surface area contributed by atoms with E-state index in [1.54, 1.807) is 0 Å². The third-order valence-corrected chi connectivity index (χ3v) is 0.843. The summed E-state index contributed by atoms with van der Waals surface area (Å²) in [4.78, 5) is 0. The maximum absolute atomic E-state index is 3.72. The zero-order valence-corrected chi connectivity index (χ0v) is 7.59. The Balaban J connectivity index is 0.000000218. The Morgan fingerprint density at radius 1 is 1.00 bits per heavy atom. The molecule has 0 unspecified atom stereocenters. The molecule has 1 heteroatoms. The van der Waals surface area contributed by atoms with Gasteiger partial charge in [0.1, 0.15) is 5.69 Å². The van der Waals surface area contributed by atoms with Crippen LogP contribution < -0.4 is 5.73 Å². The van der Waals surface area contributed by atoms with Gasteiger partial charge in [0.15, 0.2) is 0 Å². The Hall–Kier alpha value is -0.820. The lowest BCUT2D eigenvalue weighted by Gasteiger charge is -1.99. The molecule has 0 bridgehead atoms. The fourth-order valence-corrected chi connectivity index (χ4v) is 0.478. The molecule has 1 aromatic carbocycles. The summed E-state index contributed by atoms with van der Waals surface area (Å²) in [5.41, 5.74) is 4.79. The summed E-state index contributed by atoms with van der Waals surface area (Å²) < 4.78 is 0. The predicted molar refractivity (Wildman–Crippen MR) is 49.3 cm³/mol. The normalized spacial score (nSPS) is 8.82. The maximum atomic E-state index is 3.72. The Morgan fingerprint density at radius 2 is 1.36 bits per heavy atom. The van der Waals surface area contributed by atoms with Crippen LogP contribution in [0.3, 0.4) is 0 Å². The lowest BCUT2D eigenvalue weighted by atomic mass is 10.3. The minimum Gasteiger partial charge on any atom is -0.325 e. The van der Waals surface area contributed by atoms with Crippen LogP contribution in [-0.4, -0.2) is 0 Å². The van der Waals surface area contributed by atoms with Gasteiger partial charge in [-0.3, -0.25) is 0 Å². The van der Waals surface area contributed by atoms with Crippen LogP contribution in [0.4, 0.5) is 5.69 Å². The van der Waals surface area contributed by atoms with Gasteiger partial charge in [-0.25, -0.2) is 0 Å². The number of benzene rings is 1. The first-order valence-corrected chi connectivity index (χ1v) is 3.76. The van der Waals surface area contributed by atoms with Crippen LogP contribution in [0.1, 0.15) is 20.8 Å². The third-order valence-electron chi connectivity index (χ3n) is 0.843. The van der Waals surface area contributed by atoms with E-state index in [2.05, 4.69) is 26.5 Å². The second-order valence-corrected chi connectivity index (χ2v) is 2.99. The van der Waals surface area contributed by atoms with Gasteiger partial charge in [-0.2, -0.15) is 20.8 Å². The quantitative estimate of drug-likeness (QED) is 0.550. The smallest absolute Gasteiger partial charge is 0.127 e. The lowest BCUT2D eigenvalue weighted by molar-refractivity contribution is -0.254. The molecule has 11 heavy (non-hydrogen) atoms. The van der Waals surface area contributed by atoms with Crippen LogP contribution >= 0.6 is 0 Å². The molecule has 3 N–H and O–H groups in total. The van der Waals surface area contributed by atoms with E-state index in [1.807, 2.05) is 30.3 Å². The highest BCUT2D eigenvalue weighted by molar-refractivity contribution is 5.25. The molecule has 0 atom stereocenters. The molecule has 62 valence electrons. The van der Waals surface area contributed by atoms with Gasteiger partial charge in [-0.05, 0) is 12.1 Å². The molecule has 0 saturated heterocycles. The molecule has 0 aliphatic heterocycles. The number of rotatable bonds is 0. The van der Waals surface area contributed by atoms with Crippen LogP contribution in [0, 0.1) is 5.92 Å². The van der Waals surface area contributed by atoms with Crippen molar-refractivity contribution in [3.63, 3.8) is 0 Å². The van der Waals surface area contributed by atoms with Gasteiger partial charge in [-0.1, -0.05) is 18.2 Å². The lowest BCUT2D eigenvalue weighted by Crippen LogP contribution is -2.39. The molecule has 0 aliphatic rings. The molecule has 0 aliphatic carbocycles. The Labute approximate surface area is 69.2 Å². The Morgan fingerprint density at radius 3 is 1.55 bits per heavy atom. The minimum absolute atomic E-state index is 1.07. The summed E-state index contributed by atoms with van der Waals surface area (Å²) in [6, 6.07) is 9.87. The summed E-state index contributed by atoms with van der Waals surface area (Å²) >= 11 is 0. The average Bonchev–Trinajstić information content (AvgIpc) is 1.87. The SMILES string of the molecule is C[C-](C)C.[NH3+]c1ccccc1. The molecular weight excluding hydrogens is 134 g/mol. The van der Waals surface area contributed by atoms with E-state index in [0.717, 1.165) is 5.69 Å². The van der Waals surface area contributed by atoms with Crippen molar-refractivity contribution in [2.45, 2.75) is 20.8 Å². The summed E-state index contributed by atoms with van der Waals surface area (Å²) in [6.07, 6.45) is 0. The monoisotopic (exact) mass is 151 g/mol. The standard InChI is InChI=1S/C6H7N.C4H9/c7-6-4-2-1-3-5-6;1-4(2)3/h1-5H,7H2;1-3H3/q;-1/p+1.